The summed E-state index contributed by atoms with van der Waals surface area (Å²) in [6.45, 7) is 3.49. The molecule has 1 aliphatic heterocycles. The van der Waals surface area contributed by atoms with Crippen molar-refractivity contribution < 1.29 is 14.7 Å². The molecule has 1 aromatic carbocycles. The Balaban J connectivity index is 1.47. The minimum absolute atomic E-state index is 0.181. The van der Waals surface area contributed by atoms with E-state index in [0.29, 0.717) is 31.5 Å². The van der Waals surface area contributed by atoms with Crippen molar-refractivity contribution >= 4 is 39.2 Å². The molecule has 0 bridgehead atoms. The van der Waals surface area contributed by atoms with E-state index in [1.165, 1.54) is 12.4 Å². The van der Waals surface area contributed by atoms with Crippen LogP contribution < -0.4 is 15.3 Å². The summed E-state index contributed by atoms with van der Waals surface area (Å²) < 4.78 is 6.59. The molecule has 4 heterocycles. The molecule has 1 amide bonds. The zero-order valence-electron chi connectivity index (χ0n) is 18.5. The van der Waals surface area contributed by atoms with Crippen LogP contribution in [0.25, 0.3) is 21.6 Å². The molecular formula is C23H23N7O3S. The van der Waals surface area contributed by atoms with Gasteiger partial charge in [0.2, 0.25) is 5.95 Å². The molecule has 34 heavy (non-hydrogen) atoms. The van der Waals surface area contributed by atoms with Gasteiger partial charge in [0.05, 0.1) is 35.5 Å². The molecule has 1 aliphatic rings. The van der Waals surface area contributed by atoms with Gasteiger partial charge in [-0.25, -0.2) is 25.4 Å². The minimum Gasteiger partial charge on any atom is -0.378 e. The summed E-state index contributed by atoms with van der Waals surface area (Å²) in [6.07, 6.45) is 2.76. The Labute approximate surface area is 199 Å². The fourth-order valence-corrected chi connectivity index (χ4v) is 4.92. The molecule has 0 atom stereocenters. The highest BCUT2D eigenvalue weighted by Crippen LogP contribution is 2.35. The topological polar surface area (TPSA) is 117 Å². The highest BCUT2D eigenvalue weighted by Gasteiger charge is 2.21. The van der Waals surface area contributed by atoms with Crippen LogP contribution in [-0.2, 0) is 11.3 Å². The number of hydrogen-bond acceptors (Lipinski definition) is 10. The van der Waals surface area contributed by atoms with Gasteiger partial charge in [0, 0.05) is 43.0 Å². The molecule has 0 radical (unpaired) electrons. The Kier molecular flexibility index (Phi) is 6.30. The molecule has 0 saturated carbocycles. The van der Waals surface area contributed by atoms with Crippen molar-refractivity contribution in [2.75, 3.05) is 43.2 Å². The van der Waals surface area contributed by atoms with Crippen LogP contribution in [-0.4, -0.2) is 64.4 Å². The number of carbonyl (C=O) groups is 1. The number of ether oxygens (including phenoxy) is 1. The number of anilines is 2. The lowest BCUT2D eigenvalue weighted by Crippen LogP contribution is -2.36. The first-order valence-electron chi connectivity index (χ1n) is 10.8. The predicted octanol–water partition coefficient (Wildman–Crippen LogP) is 2.74. The summed E-state index contributed by atoms with van der Waals surface area (Å²) in [5.74, 6) is 1.45. The van der Waals surface area contributed by atoms with Crippen LogP contribution in [0.3, 0.4) is 0 Å². The number of morpholine rings is 1. The number of fused-ring (bicyclic) bond motifs is 1. The fraction of sp³-hybridized carbons (Fsp3) is 0.261. The van der Waals surface area contributed by atoms with E-state index in [0.717, 1.165) is 39.6 Å². The van der Waals surface area contributed by atoms with Crippen molar-refractivity contribution in [2.24, 2.45) is 0 Å². The van der Waals surface area contributed by atoms with E-state index in [-0.39, 0.29) is 5.56 Å². The predicted molar refractivity (Wildman–Crippen MR) is 129 cm³/mol. The molecule has 11 heteroatoms. The van der Waals surface area contributed by atoms with E-state index in [4.69, 9.17) is 19.9 Å². The van der Waals surface area contributed by atoms with E-state index in [1.807, 2.05) is 42.3 Å². The number of nitrogens with zero attached hydrogens (tertiary/aromatic N) is 6. The lowest BCUT2D eigenvalue weighted by atomic mass is 10.2. The second-order valence-electron chi connectivity index (χ2n) is 7.83. The molecule has 10 nitrogen and oxygen atoms in total. The zero-order valence-corrected chi connectivity index (χ0v) is 19.3. The van der Waals surface area contributed by atoms with E-state index in [9.17, 15) is 4.79 Å². The van der Waals surface area contributed by atoms with Crippen molar-refractivity contribution in [1.29, 1.82) is 0 Å². The van der Waals surface area contributed by atoms with Gasteiger partial charge in [-0.2, -0.15) is 0 Å². The molecule has 0 unspecified atom stereocenters. The molecule has 4 aromatic rings. The lowest BCUT2D eigenvalue weighted by molar-refractivity contribution is 0.0705. The lowest BCUT2D eigenvalue weighted by Gasteiger charge is -2.28. The summed E-state index contributed by atoms with van der Waals surface area (Å²) >= 11 is 1.65. The third-order valence-electron chi connectivity index (χ3n) is 5.48. The van der Waals surface area contributed by atoms with Gasteiger partial charge in [0.25, 0.3) is 5.91 Å². The normalized spacial score (nSPS) is 13.8. The Hall–Kier alpha value is -3.67. The number of thiophene rings is 1. The number of amides is 1. The van der Waals surface area contributed by atoms with Gasteiger partial charge in [-0.1, -0.05) is 30.3 Å². The number of nitrogens with one attached hydrogen (secondary N) is 1. The summed E-state index contributed by atoms with van der Waals surface area (Å²) in [6, 6.07) is 12.1. The van der Waals surface area contributed by atoms with Crippen molar-refractivity contribution in [3.63, 3.8) is 0 Å². The van der Waals surface area contributed by atoms with Crippen molar-refractivity contribution in [3.05, 3.63) is 59.2 Å². The largest absolute Gasteiger partial charge is 0.378 e. The first-order chi connectivity index (χ1) is 16.6. The highest BCUT2D eigenvalue weighted by atomic mass is 32.1. The second kappa shape index (κ2) is 9.67. The molecule has 3 aromatic heterocycles. The van der Waals surface area contributed by atoms with Crippen LogP contribution in [0.4, 0.5) is 11.8 Å². The smallest absolute Gasteiger partial charge is 0.277 e. The van der Waals surface area contributed by atoms with Crippen LogP contribution in [0, 0.1) is 0 Å². The molecule has 2 N–H and O–H groups in total. The Morgan fingerprint density at radius 2 is 1.91 bits per heavy atom. The zero-order chi connectivity index (χ0) is 23.5. The summed E-state index contributed by atoms with van der Waals surface area (Å²) in [4.78, 5) is 35.0. The van der Waals surface area contributed by atoms with E-state index >= 15 is 0 Å². The van der Waals surface area contributed by atoms with Gasteiger partial charge >= 0.3 is 0 Å². The SMILES string of the molecule is CN(Cc1cc2nc(-c3ccccc3)nc(N3CCOCC3)c2s1)c1ncc(C(=O)NO)cn1. The van der Waals surface area contributed by atoms with E-state index in [2.05, 4.69) is 20.9 Å². The van der Waals surface area contributed by atoms with Gasteiger partial charge in [0.15, 0.2) is 11.6 Å². The second-order valence-corrected chi connectivity index (χ2v) is 8.97. The van der Waals surface area contributed by atoms with E-state index in [1.54, 1.807) is 16.8 Å². The van der Waals surface area contributed by atoms with Crippen LogP contribution >= 0.6 is 11.3 Å². The van der Waals surface area contributed by atoms with Crippen LogP contribution in [0.1, 0.15) is 15.2 Å². The van der Waals surface area contributed by atoms with Gasteiger partial charge in [-0.05, 0) is 6.07 Å². The molecule has 5 rings (SSSR count). The third-order valence-corrected chi connectivity index (χ3v) is 6.59. The average Bonchev–Trinajstić information content (AvgIpc) is 3.31. The van der Waals surface area contributed by atoms with Gasteiger partial charge < -0.3 is 14.5 Å². The van der Waals surface area contributed by atoms with Gasteiger partial charge in [-0.15, -0.1) is 11.3 Å². The number of hydroxylamine groups is 1. The van der Waals surface area contributed by atoms with Gasteiger partial charge in [-0.3, -0.25) is 10.0 Å². The van der Waals surface area contributed by atoms with Crippen molar-refractivity contribution in [2.45, 2.75) is 6.54 Å². The quantitative estimate of drug-likeness (QED) is 0.319. The first kappa shape index (κ1) is 22.1. The van der Waals surface area contributed by atoms with Crippen LogP contribution in [0.5, 0.6) is 0 Å². The molecule has 0 spiro atoms. The van der Waals surface area contributed by atoms with Crippen LogP contribution in [0.2, 0.25) is 0 Å². The first-order valence-corrected chi connectivity index (χ1v) is 11.6. The Morgan fingerprint density at radius 1 is 1.18 bits per heavy atom. The monoisotopic (exact) mass is 477 g/mol. The van der Waals surface area contributed by atoms with Gasteiger partial charge in [0.1, 0.15) is 0 Å². The molecule has 0 aliphatic carbocycles. The Bertz CT molecular complexity index is 1290. The molecule has 1 saturated heterocycles. The van der Waals surface area contributed by atoms with Crippen molar-refractivity contribution in [3.8, 4) is 11.4 Å². The maximum atomic E-state index is 11.5. The number of carbonyl (C=O) groups excluding carboxylic acids is 1. The number of aromatic nitrogens is 4. The maximum absolute atomic E-state index is 11.5. The molecule has 174 valence electrons. The highest BCUT2D eigenvalue weighted by molar-refractivity contribution is 7.19. The van der Waals surface area contributed by atoms with Crippen molar-refractivity contribution in [1.82, 2.24) is 25.4 Å². The number of rotatable bonds is 6. The fourth-order valence-electron chi connectivity index (χ4n) is 3.75. The maximum Gasteiger partial charge on any atom is 0.277 e. The minimum atomic E-state index is -0.651. The number of hydrogen-bond donors (Lipinski definition) is 2. The summed E-state index contributed by atoms with van der Waals surface area (Å²) in [5, 5.41) is 8.75. The summed E-state index contributed by atoms with van der Waals surface area (Å²) in [5.41, 5.74) is 3.64. The van der Waals surface area contributed by atoms with Crippen LogP contribution in [0.15, 0.2) is 48.8 Å². The number of benzene rings is 1. The van der Waals surface area contributed by atoms with E-state index < -0.39 is 5.91 Å². The Morgan fingerprint density at radius 3 is 2.62 bits per heavy atom. The summed E-state index contributed by atoms with van der Waals surface area (Å²) in [7, 11) is 1.88. The third kappa shape index (κ3) is 4.53. The molecule has 1 fully saturated rings. The molecular weight excluding hydrogens is 454 g/mol. The standard InChI is InChI=1S/C23H23N7O3S/c1-29(23-24-12-16(13-25-23)22(31)28-32)14-17-11-18-19(34-17)21(30-7-9-33-10-8-30)27-20(26-18)15-5-3-2-4-6-15/h2-6,11-13,32H,7-10,14H2,1H3,(H,28,31). The average molecular weight is 478 g/mol.